The minimum atomic E-state index is -0.195. The molecular formula is C23H28FN6+. The first-order valence-electron chi connectivity index (χ1n) is 11.0. The average Bonchev–Trinajstić information content (AvgIpc) is 3.48. The highest BCUT2D eigenvalue weighted by atomic mass is 19.1. The first-order chi connectivity index (χ1) is 14.8. The first-order valence-corrected chi connectivity index (χ1v) is 11.0. The smallest absolute Gasteiger partial charge is 0.214 e. The van der Waals surface area contributed by atoms with Gasteiger partial charge in [0, 0.05) is 5.69 Å². The molecule has 2 aliphatic rings. The van der Waals surface area contributed by atoms with E-state index in [1.165, 1.54) is 23.4 Å². The van der Waals surface area contributed by atoms with Gasteiger partial charge in [-0.3, -0.25) is 0 Å². The summed E-state index contributed by atoms with van der Waals surface area (Å²) >= 11 is 0. The Morgan fingerprint density at radius 1 is 0.933 bits per heavy atom. The maximum Gasteiger partial charge on any atom is 0.214 e. The number of tetrazole rings is 1. The molecule has 3 aromatic rings. The predicted molar refractivity (Wildman–Crippen MR) is 113 cm³/mol. The van der Waals surface area contributed by atoms with Crippen LogP contribution in [0.4, 0.5) is 10.1 Å². The van der Waals surface area contributed by atoms with Crippen molar-refractivity contribution in [3.05, 3.63) is 71.8 Å². The van der Waals surface area contributed by atoms with Crippen LogP contribution in [0.15, 0.2) is 54.6 Å². The number of piperazine rings is 1. The van der Waals surface area contributed by atoms with Gasteiger partial charge >= 0.3 is 0 Å². The summed E-state index contributed by atoms with van der Waals surface area (Å²) in [5.41, 5.74) is 1.93. The van der Waals surface area contributed by atoms with Crippen LogP contribution in [0.2, 0.25) is 0 Å². The van der Waals surface area contributed by atoms with E-state index in [1.807, 2.05) is 22.9 Å². The van der Waals surface area contributed by atoms with Gasteiger partial charge in [0.2, 0.25) is 5.82 Å². The molecule has 7 heteroatoms. The molecule has 0 spiro atoms. The summed E-state index contributed by atoms with van der Waals surface area (Å²) in [4.78, 5) is 3.73. The van der Waals surface area contributed by atoms with Crippen molar-refractivity contribution in [2.24, 2.45) is 0 Å². The number of nitrogens with zero attached hydrogens (tertiary/aromatic N) is 5. The lowest BCUT2D eigenvalue weighted by molar-refractivity contribution is -0.927. The zero-order chi connectivity index (χ0) is 20.3. The molecule has 2 heterocycles. The second-order valence-electron chi connectivity index (χ2n) is 8.36. The molecule has 1 atom stereocenters. The summed E-state index contributed by atoms with van der Waals surface area (Å²) in [5.74, 6) is 0.622. The van der Waals surface area contributed by atoms with Crippen LogP contribution in [0.3, 0.4) is 0 Å². The van der Waals surface area contributed by atoms with Gasteiger partial charge in [0.05, 0.1) is 37.8 Å². The minimum absolute atomic E-state index is 0.179. The van der Waals surface area contributed by atoms with Crippen molar-refractivity contribution in [2.75, 3.05) is 31.1 Å². The van der Waals surface area contributed by atoms with Crippen LogP contribution < -0.4 is 9.80 Å². The van der Waals surface area contributed by atoms with Gasteiger partial charge in [0.25, 0.3) is 0 Å². The second-order valence-corrected chi connectivity index (χ2v) is 8.36. The van der Waals surface area contributed by atoms with Crippen LogP contribution in [-0.2, 0) is 0 Å². The van der Waals surface area contributed by atoms with Crippen molar-refractivity contribution in [1.82, 2.24) is 20.2 Å². The Morgan fingerprint density at radius 3 is 2.37 bits per heavy atom. The fraction of sp³-hybridized carbons (Fsp3) is 0.435. The van der Waals surface area contributed by atoms with Crippen molar-refractivity contribution in [3.63, 3.8) is 0 Å². The van der Waals surface area contributed by atoms with Gasteiger partial charge in [-0.1, -0.05) is 43.2 Å². The standard InChI is InChI=1S/C23H27FN6/c24-21-13-7-6-12-20(21)22(23-25-26-27-30(23)19-10-4-5-11-19)29-16-14-28(15-17-29)18-8-2-1-3-9-18/h1-3,6-9,12-13,19,22H,4-5,10-11,14-17H2/p+1/t22-/m1/s1. The monoisotopic (exact) mass is 407 g/mol. The first kappa shape index (κ1) is 19.2. The third-order valence-electron chi connectivity index (χ3n) is 6.60. The van der Waals surface area contributed by atoms with Crippen molar-refractivity contribution < 1.29 is 9.29 Å². The number of anilines is 1. The van der Waals surface area contributed by atoms with Crippen LogP contribution in [0, 0.1) is 5.82 Å². The number of nitrogens with one attached hydrogen (secondary N) is 1. The lowest BCUT2D eigenvalue weighted by atomic mass is 10.0. The van der Waals surface area contributed by atoms with Crippen molar-refractivity contribution in [2.45, 2.75) is 37.8 Å². The van der Waals surface area contributed by atoms with E-state index in [2.05, 4.69) is 44.7 Å². The Morgan fingerprint density at radius 2 is 1.63 bits per heavy atom. The Hall–Kier alpha value is -2.80. The molecule has 1 saturated heterocycles. The van der Waals surface area contributed by atoms with Gasteiger partial charge in [-0.25, -0.2) is 9.07 Å². The Labute approximate surface area is 176 Å². The van der Waals surface area contributed by atoms with E-state index < -0.39 is 0 Å². The Balaban J connectivity index is 1.45. The molecule has 1 aromatic heterocycles. The Bertz CT molecular complexity index is 961. The number of benzene rings is 2. The summed E-state index contributed by atoms with van der Waals surface area (Å²) in [7, 11) is 0. The highest BCUT2D eigenvalue weighted by molar-refractivity contribution is 5.46. The summed E-state index contributed by atoms with van der Waals surface area (Å²) in [5, 5.41) is 12.8. The third-order valence-corrected chi connectivity index (χ3v) is 6.60. The zero-order valence-electron chi connectivity index (χ0n) is 17.1. The Kier molecular flexibility index (Phi) is 5.45. The van der Waals surface area contributed by atoms with Crippen LogP contribution >= 0.6 is 0 Å². The average molecular weight is 408 g/mol. The quantitative estimate of drug-likeness (QED) is 0.706. The summed E-state index contributed by atoms with van der Waals surface area (Å²) in [6.45, 7) is 3.67. The van der Waals surface area contributed by atoms with Gasteiger partial charge in [0.15, 0.2) is 6.04 Å². The second kappa shape index (κ2) is 8.52. The van der Waals surface area contributed by atoms with Crippen molar-refractivity contribution in [1.29, 1.82) is 0 Å². The fourth-order valence-electron chi connectivity index (χ4n) is 5.03. The van der Waals surface area contributed by atoms with E-state index in [1.54, 1.807) is 12.1 Å². The molecule has 1 aliphatic heterocycles. The number of halogens is 1. The van der Waals surface area contributed by atoms with E-state index in [-0.39, 0.29) is 11.9 Å². The summed E-state index contributed by atoms with van der Waals surface area (Å²) in [6, 6.07) is 17.7. The van der Waals surface area contributed by atoms with Crippen LogP contribution in [0.1, 0.15) is 49.2 Å². The molecular weight excluding hydrogens is 379 g/mol. The largest absolute Gasteiger partial charge is 0.360 e. The van der Waals surface area contributed by atoms with Gasteiger partial charge in [-0.15, -0.1) is 5.10 Å². The van der Waals surface area contributed by atoms with Crippen molar-refractivity contribution in [3.8, 4) is 0 Å². The summed E-state index contributed by atoms with van der Waals surface area (Å²) in [6.07, 6.45) is 4.60. The molecule has 2 fully saturated rings. The SMILES string of the molecule is Fc1ccccc1[C@H](c1nnnn1C1CCCC1)[NH+]1CCN(c2ccccc2)CC1. The van der Waals surface area contributed by atoms with Gasteiger partial charge in [-0.05, 0) is 47.5 Å². The van der Waals surface area contributed by atoms with Gasteiger partial charge < -0.3 is 9.80 Å². The summed E-state index contributed by atoms with van der Waals surface area (Å²) < 4.78 is 16.9. The fourth-order valence-corrected chi connectivity index (χ4v) is 5.03. The van der Waals surface area contributed by atoms with E-state index in [0.717, 1.165) is 44.8 Å². The number of aromatic nitrogens is 4. The molecule has 30 heavy (non-hydrogen) atoms. The van der Waals surface area contributed by atoms with Crippen LogP contribution in [0.5, 0.6) is 0 Å². The van der Waals surface area contributed by atoms with E-state index in [4.69, 9.17) is 0 Å². The molecule has 0 amide bonds. The maximum atomic E-state index is 14.9. The van der Waals surface area contributed by atoms with Gasteiger partial charge in [-0.2, -0.15) is 0 Å². The maximum absolute atomic E-state index is 14.9. The molecule has 1 N–H and O–H groups in total. The number of para-hydroxylation sites is 1. The van der Waals surface area contributed by atoms with Crippen LogP contribution in [0.25, 0.3) is 0 Å². The van der Waals surface area contributed by atoms with E-state index >= 15 is 0 Å². The van der Waals surface area contributed by atoms with Crippen molar-refractivity contribution >= 4 is 5.69 Å². The number of hydrogen-bond donors (Lipinski definition) is 1. The molecule has 5 rings (SSSR count). The highest BCUT2D eigenvalue weighted by Crippen LogP contribution is 2.31. The van der Waals surface area contributed by atoms with E-state index in [0.29, 0.717) is 11.6 Å². The molecule has 6 nitrogen and oxygen atoms in total. The number of hydrogen-bond acceptors (Lipinski definition) is 4. The number of rotatable bonds is 5. The van der Waals surface area contributed by atoms with Crippen LogP contribution in [-0.4, -0.2) is 46.4 Å². The third kappa shape index (κ3) is 3.69. The molecule has 1 aliphatic carbocycles. The molecule has 1 saturated carbocycles. The molecule has 0 bridgehead atoms. The lowest BCUT2D eigenvalue weighted by Crippen LogP contribution is -3.15. The highest BCUT2D eigenvalue weighted by Gasteiger charge is 2.37. The lowest BCUT2D eigenvalue weighted by Gasteiger charge is -2.37. The normalized spacial score (nSPS) is 19.3. The van der Waals surface area contributed by atoms with E-state index in [9.17, 15) is 4.39 Å². The minimum Gasteiger partial charge on any atom is -0.360 e. The topological polar surface area (TPSA) is 51.3 Å². The zero-order valence-corrected chi connectivity index (χ0v) is 17.1. The molecule has 0 radical (unpaired) electrons. The molecule has 2 aromatic carbocycles. The predicted octanol–water partition coefficient (Wildman–Crippen LogP) is 2.42. The van der Waals surface area contributed by atoms with Gasteiger partial charge in [0.1, 0.15) is 5.82 Å². The molecule has 0 unspecified atom stereocenters. The number of quaternary nitrogens is 1. The molecule has 156 valence electrons.